The van der Waals surface area contributed by atoms with Gasteiger partial charge in [-0.05, 0) is 55.0 Å². The molecule has 2 aromatic carbocycles. The molecule has 1 aliphatic carbocycles. The van der Waals surface area contributed by atoms with Crippen molar-refractivity contribution in [1.82, 2.24) is 0 Å². The molecule has 0 atom stereocenters. The Labute approximate surface area is 171 Å². The van der Waals surface area contributed by atoms with Gasteiger partial charge in [0.15, 0.2) is 0 Å². The Morgan fingerprint density at radius 3 is 2.07 bits per heavy atom. The van der Waals surface area contributed by atoms with Crippen molar-refractivity contribution in [3.8, 4) is 0 Å². The number of para-hydroxylation sites is 1. The lowest BCUT2D eigenvalue weighted by Crippen LogP contribution is -2.36. The fraction of sp³-hybridized carbons (Fsp3) is 0.348. The minimum atomic E-state index is -1.06. The molecular weight excluding hydrogens is 366 g/mol. The van der Waals surface area contributed by atoms with Crippen molar-refractivity contribution in [3.63, 3.8) is 0 Å². The Morgan fingerprint density at radius 1 is 0.897 bits per heavy atom. The second kappa shape index (κ2) is 8.07. The molecular formula is C23H27N3O3. The molecule has 0 unspecified atom stereocenters. The van der Waals surface area contributed by atoms with E-state index in [9.17, 15) is 14.4 Å². The van der Waals surface area contributed by atoms with Crippen LogP contribution in [0.3, 0.4) is 0 Å². The van der Waals surface area contributed by atoms with E-state index in [0.717, 1.165) is 16.8 Å². The molecule has 6 nitrogen and oxygen atoms in total. The molecule has 1 saturated carbocycles. The largest absolute Gasteiger partial charge is 0.326 e. The predicted molar refractivity (Wildman–Crippen MR) is 115 cm³/mol. The van der Waals surface area contributed by atoms with Crippen LogP contribution in [0.25, 0.3) is 0 Å². The van der Waals surface area contributed by atoms with Gasteiger partial charge in [-0.25, -0.2) is 0 Å². The van der Waals surface area contributed by atoms with Gasteiger partial charge in [0.1, 0.15) is 5.41 Å². The van der Waals surface area contributed by atoms with E-state index < -0.39 is 5.41 Å². The topological polar surface area (TPSA) is 87.3 Å². The van der Waals surface area contributed by atoms with Gasteiger partial charge < -0.3 is 16.0 Å². The first kappa shape index (κ1) is 20.6. The summed E-state index contributed by atoms with van der Waals surface area (Å²) in [6.07, 6.45) is 1.03. The van der Waals surface area contributed by atoms with Gasteiger partial charge in [-0.15, -0.1) is 0 Å². The van der Waals surface area contributed by atoms with Crippen LogP contribution in [0.5, 0.6) is 0 Å². The van der Waals surface area contributed by atoms with Gasteiger partial charge in [0.25, 0.3) is 0 Å². The number of anilines is 3. The number of aryl methyl sites for hydroxylation is 1. The molecule has 0 aliphatic heterocycles. The fourth-order valence-electron chi connectivity index (χ4n) is 3.39. The molecule has 29 heavy (non-hydrogen) atoms. The van der Waals surface area contributed by atoms with Gasteiger partial charge in [-0.1, -0.05) is 38.1 Å². The van der Waals surface area contributed by atoms with E-state index in [0.29, 0.717) is 24.2 Å². The normalized spacial score (nSPS) is 14.2. The number of hydrogen-bond acceptors (Lipinski definition) is 3. The highest BCUT2D eigenvalue weighted by Gasteiger charge is 2.56. The average Bonchev–Trinajstić information content (AvgIpc) is 3.45. The molecule has 3 amide bonds. The first-order valence-corrected chi connectivity index (χ1v) is 9.83. The summed E-state index contributed by atoms with van der Waals surface area (Å²) in [6.45, 7) is 7.53. The van der Waals surface area contributed by atoms with Crippen molar-refractivity contribution in [1.29, 1.82) is 0 Å². The monoisotopic (exact) mass is 393 g/mol. The van der Waals surface area contributed by atoms with E-state index in [1.54, 1.807) is 24.3 Å². The van der Waals surface area contributed by atoms with Crippen LogP contribution in [0.1, 0.15) is 50.7 Å². The molecule has 0 radical (unpaired) electrons. The van der Waals surface area contributed by atoms with Gasteiger partial charge in [0.05, 0.1) is 0 Å². The quantitative estimate of drug-likeness (QED) is 0.634. The predicted octanol–water partition coefficient (Wildman–Crippen LogP) is 4.43. The zero-order valence-electron chi connectivity index (χ0n) is 17.3. The molecule has 6 heteroatoms. The van der Waals surface area contributed by atoms with E-state index in [4.69, 9.17) is 0 Å². The van der Waals surface area contributed by atoms with Crippen molar-refractivity contribution in [3.05, 3.63) is 53.6 Å². The summed E-state index contributed by atoms with van der Waals surface area (Å²) >= 11 is 0. The number of amides is 3. The van der Waals surface area contributed by atoms with E-state index >= 15 is 0 Å². The van der Waals surface area contributed by atoms with E-state index in [1.807, 2.05) is 25.1 Å². The van der Waals surface area contributed by atoms with Gasteiger partial charge in [0.2, 0.25) is 17.7 Å². The number of carbonyl (C=O) groups is 3. The number of nitrogens with one attached hydrogen (secondary N) is 3. The summed E-state index contributed by atoms with van der Waals surface area (Å²) in [5, 5.41) is 8.52. The van der Waals surface area contributed by atoms with Gasteiger partial charge in [0, 0.05) is 24.0 Å². The third kappa shape index (κ3) is 4.47. The van der Waals surface area contributed by atoms with Crippen LogP contribution in [-0.2, 0) is 14.4 Å². The number of hydrogen-bond donors (Lipinski definition) is 3. The molecule has 0 saturated heterocycles. The Hall–Kier alpha value is -3.15. The van der Waals surface area contributed by atoms with Crippen LogP contribution < -0.4 is 16.0 Å². The van der Waals surface area contributed by atoms with Crippen LogP contribution in [0.4, 0.5) is 17.1 Å². The van der Waals surface area contributed by atoms with Crippen molar-refractivity contribution < 1.29 is 14.4 Å². The lowest BCUT2D eigenvalue weighted by molar-refractivity contribution is -0.131. The van der Waals surface area contributed by atoms with Crippen LogP contribution in [0, 0.1) is 12.3 Å². The lowest BCUT2D eigenvalue weighted by atomic mass is 9.97. The standard InChI is InChI=1S/C23H27N3O3/c1-14(2)19-10-5-7-15(3)20(19)26-22(29)23(11-12-23)21(28)25-18-9-6-8-17(13-18)24-16(4)27/h5-10,13-14H,11-12H2,1-4H3,(H,24,27)(H,25,28)(H,26,29). The molecule has 1 fully saturated rings. The van der Waals surface area contributed by atoms with Crippen LogP contribution in [0.2, 0.25) is 0 Å². The Bertz CT molecular complexity index is 962. The van der Waals surface area contributed by atoms with Crippen molar-refractivity contribution in [2.75, 3.05) is 16.0 Å². The molecule has 0 heterocycles. The molecule has 2 aromatic rings. The Balaban J connectivity index is 1.76. The van der Waals surface area contributed by atoms with Gasteiger partial charge in [-0.2, -0.15) is 0 Å². The molecule has 0 aromatic heterocycles. The highest BCUT2D eigenvalue weighted by atomic mass is 16.2. The maximum atomic E-state index is 13.0. The zero-order chi connectivity index (χ0) is 21.2. The van der Waals surface area contributed by atoms with Crippen molar-refractivity contribution in [2.24, 2.45) is 5.41 Å². The SMILES string of the molecule is CC(=O)Nc1cccc(NC(=O)C2(C(=O)Nc3c(C)cccc3C(C)C)CC2)c1. The molecule has 0 spiro atoms. The van der Waals surface area contributed by atoms with E-state index in [1.165, 1.54) is 6.92 Å². The summed E-state index contributed by atoms with van der Waals surface area (Å²) in [5.74, 6) is -0.532. The maximum Gasteiger partial charge on any atom is 0.240 e. The van der Waals surface area contributed by atoms with Crippen molar-refractivity contribution >= 4 is 34.8 Å². The minimum absolute atomic E-state index is 0.189. The fourth-order valence-corrected chi connectivity index (χ4v) is 3.39. The molecule has 152 valence electrons. The summed E-state index contributed by atoms with van der Waals surface area (Å²) in [7, 11) is 0. The van der Waals surface area contributed by atoms with E-state index in [2.05, 4.69) is 29.8 Å². The molecule has 3 rings (SSSR count). The Kier molecular flexibility index (Phi) is 5.73. The van der Waals surface area contributed by atoms with Gasteiger partial charge in [-0.3, -0.25) is 14.4 Å². The van der Waals surface area contributed by atoms with Crippen LogP contribution >= 0.6 is 0 Å². The summed E-state index contributed by atoms with van der Waals surface area (Å²) < 4.78 is 0. The van der Waals surface area contributed by atoms with Crippen LogP contribution in [-0.4, -0.2) is 17.7 Å². The highest BCUT2D eigenvalue weighted by molar-refractivity contribution is 6.17. The van der Waals surface area contributed by atoms with E-state index in [-0.39, 0.29) is 23.6 Å². The second-order valence-corrected chi connectivity index (χ2v) is 7.95. The number of benzene rings is 2. The van der Waals surface area contributed by atoms with Crippen molar-refractivity contribution in [2.45, 2.75) is 46.5 Å². The highest BCUT2D eigenvalue weighted by Crippen LogP contribution is 2.48. The number of carbonyl (C=O) groups excluding carboxylic acids is 3. The average molecular weight is 393 g/mol. The number of rotatable bonds is 6. The van der Waals surface area contributed by atoms with Gasteiger partial charge >= 0.3 is 0 Å². The zero-order valence-corrected chi connectivity index (χ0v) is 17.3. The third-order valence-corrected chi connectivity index (χ3v) is 5.23. The summed E-state index contributed by atoms with van der Waals surface area (Å²) in [6, 6.07) is 12.8. The first-order valence-electron chi connectivity index (χ1n) is 9.83. The maximum absolute atomic E-state index is 13.0. The lowest BCUT2D eigenvalue weighted by Gasteiger charge is -2.20. The molecule has 0 bridgehead atoms. The smallest absolute Gasteiger partial charge is 0.240 e. The summed E-state index contributed by atoms with van der Waals surface area (Å²) in [5.41, 5.74) is 2.89. The molecule has 3 N–H and O–H groups in total. The second-order valence-electron chi connectivity index (χ2n) is 7.95. The Morgan fingerprint density at radius 2 is 1.48 bits per heavy atom. The molecule has 1 aliphatic rings. The summed E-state index contributed by atoms with van der Waals surface area (Å²) in [4.78, 5) is 37.2. The van der Waals surface area contributed by atoms with Crippen LogP contribution in [0.15, 0.2) is 42.5 Å². The first-order chi connectivity index (χ1) is 13.7. The third-order valence-electron chi connectivity index (χ3n) is 5.23. The minimum Gasteiger partial charge on any atom is -0.326 e.